The first kappa shape index (κ1) is 17.4. The monoisotopic (exact) mass is 338 g/mol. The smallest absolute Gasteiger partial charge is 0.253 e. The van der Waals surface area contributed by atoms with Gasteiger partial charge in [-0.25, -0.2) is 0 Å². The Morgan fingerprint density at radius 3 is 2.96 bits per heavy atom. The summed E-state index contributed by atoms with van der Waals surface area (Å²) >= 11 is 0. The number of nitrogens with one attached hydrogen (secondary N) is 2. The molecule has 0 spiro atoms. The van der Waals surface area contributed by atoms with Gasteiger partial charge in [0.15, 0.2) is 0 Å². The number of carbonyl (C=O) groups is 1. The van der Waals surface area contributed by atoms with Crippen LogP contribution >= 0.6 is 0 Å². The Hall–Kier alpha value is -2.40. The van der Waals surface area contributed by atoms with Crippen molar-refractivity contribution in [3.8, 4) is 0 Å². The molecule has 1 aliphatic heterocycles. The Labute approximate surface area is 149 Å². The summed E-state index contributed by atoms with van der Waals surface area (Å²) in [4.78, 5) is 19.3. The van der Waals surface area contributed by atoms with E-state index in [2.05, 4.69) is 26.6 Å². The van der Waals surface area contributed by atoms with Crippen molar-refractivity contribution in [2.45, 2.75) is 19.9 Å². The van der Waals surface area contributed by atoms with Gasteiger partial charge in [0.25, 0.3) is 5.91 Å². The minimum atomic E-state index is -0.00349. The molecule has 1 fully saturated rings. The van der Waals surface area contributed by atoms with Crippen LogP contribution in [-0.2, 0) is 6.54 Å². The van der Waals surface area contributed by atoms with Crippen molar-refractivity contribution in [3.05, 3.63) is 59.4 Å². The van der Waals surface area contributed by atoms with Gasteiger partial charge in [-0.2, -0.15) is 0 Å². The fourth-order valence-corrected chi connectivity index (χ4v) is 3.34. The number of pyridine rings is 1. The van der Waals surface area contributed by atoms with Gasteiger partial charge in [-0.15, -0.1) is 0 Å². The number of amides is 1. The van der Waals surface area contributed by atoms with Crippen LogP contribution in [0, 0.1) is 12.8 Å². The summed E-state index contributed by atoms with van der Waals surface area (Å²) in [6.07, 6.45) is 2.95. The fraction of sp³-hybridized carbons (Fsp3) is 0.400. The van der Waals surface area contributed by atoms with Crippen LogP contribution in [0.4, 0.5) is 5.69 Å². The van der Waals surface area contributed by atoms with Gasteiger partial charge in [0.1, 0.15) is 0 Å². The lowest BCUT2D eigenvalue weighted by Crippen LogP contribution is -2.31. The molecule has 1 aromatic heterocycles. The molecular formula is C20H26N4O. The lowest BCUT2D eigenvalue weighted by molar-refractivity contribution is 0.0948. The Kier molecular flexibility index (Phi) is 5.66. The highest BCUT2D eigenvalue weighted by Crippen LogP contribution is 2.19. The lowest BCUT2D eigenvalue weighted by Gasteiger charge is -2.16. The first-order chi connectivity index (χ1) is 12.2. The molecule has 132 valence electrons. The molecule has 1 aromatic carbocycles. The first-order valence-corrected chi connectivity index (χ1v) is 8.84. The van der Waals surface area contributed by atoms with E-state index in [1.807, 2.05) is 50.5 Å². The van der Waals surface area contributed by atoms with Gasteiger partial charge in [0.2, 0.25) is 0 Å². The summed E-state index contributed by atoms with van der Waals surface area (Å²) in [6, 6.07) is 11.9. The molecule has 2 N–H and O–H groups in total. The number of hydrogen-bond acceptors (Lipinski definition) is 4. The molecule has 0 aliphatic carbocycles. The summed E-state index contributed by atoms with van der Waals surface area (Å²) < 4.78 is 0. The van der Waals surface area contributed by atoms with Crippen LogP contribution < -0.4 is 10.6 Å². The van der Waals surface area contributed by atoms with E-state index >= 15 is 0 Å². The molecule has 0 saturated carbocycles. The maximum absolute atomic E-state index is 12.5. The maximum atomic E-state index is 12.5. The minimum Gasteiger partial charge on any atom is -0.387 e. The van der Waals surface area contributed by atoms with Crippen LogP contribution in [-0.4, -0.2) is 42.5 Å². The summed E-state index contributed by atoms with van der Waals surface area (Å²) in [5.41, 5.74) is 3.77. The molecule has 2 aromatic rings. The van der Waals surface area contributed by atoms with E-state index in [4.69, 9.17) is 0 Å². The molecule has 5 heteroatoms. The van der Waals surface area contributed by atoms with E-state index in [1.165, 1.54) is 0 Å². The van der Waals surface area contributed by atoms with Gasteiger partial charge in [-0.1, -0.05) is 17.7 Å². The second-order valence-electron chi connectivity index (χ2n) is 6.72. The van der Waals surface area contributed by atoms with E-state index in [0.29, 0.717) is 18.0 Å². The van der Waals surface area contributed by atoms with Gasteiger partial charge in [-0.05, 0) is 50.1 Å². The number of anilines is 1. The predicted octanol–water partition coefficient (Wildman–Crippen LogP) is 2.68. The van der Waals surface area contributed by atoms with E-state index in [1.54, 1.807) is 0 Å². The molecule has 5 nitrogen and oxygen atoms in total. The molecule has 3 rings (SSSR count). The zero-order valence-corrected chi connectivity index (χ0v) is 15.0. The van der Waals surface area contributed by atoms with Crippen molar-refractivity contribution >= 4 is 11.6 Å². The van der Waals surface area contributed by atoms with Gasteiger partial charge in [0.05, 0.1) is 11.3 Å². The number of rotatable bonds is 6. The fourth-order valence-electron chi connectivity index (χ4n) is 3.34. The average molecular weight is 338 g/mol. The predicted molar refractivity (Wildman–Crippen MR) is 101 cm³/mol. The SMILES string of the molecule is CNc1ccc(C)cc1C(=O)NC[C@@H]1CCN(Cc2ccccn2)C1. The maximum Gasteiger partial charge on any atom is 0.253 e. The number of carbonyl (C=O) groups excluding carboxylic acids is 1. The zero-order valence-electron chi connectivity index (χ0n) is 15.0. The molecule has 1 saturated heterocycles. The third-order valence-corrected chi connectivity index (χ3v) is 4.72. The number of hydrogen-bond donors (Lipinski definition) is 2. The Morgan fingerprint density at radius 2 is 2.20 bits per heavy atom. The molecule has 1 aliphatic rings. The zero-order chi connectivity index (χ0) is 17.6. The van der Waals surface area contributed by atoms with Crippen LogP contribution in [0.5, 0.6) is 0 Å². The number of benzene rings is 1. The highest BCUT2D eigenvalue weighted by atomic mass is 16.1. The molecule has 25 heavy (non-hydrogen) atoms. The second-order valence-corrected chi connectivity index (χ2v) is 6.72. The van der Waals surface area contributed by atoms with Crippen LogP contribution in [0.2, 0.25) is 0 Å². The average Bonchev–Trinajstić information content (AvgIpc) is 3.08. The standard InChI is InChI=1S/C20H26N4O/c1-15-6-7-19(21-2)18(11-15)20(25)23-12-16-8-10-24(13-16)14-17-5-3-4-9-22-17/h3-7,9,11,16,21H,8,10,12-14H2,1-2H3,(H,23,25)/t16-/m0/s1. The van der Waals surface area contributed by atoms with Crippen LogP contribution in [0.15, 0.2) is 42.6 Å². The van der Waals surface area contributed by atoms with Crippen LogP contribution in [0.3, 0.4) is 0 Å². The van der Waals surface area contributed by atoms with Gasteiger partial charge in [0, 0.05) is 38.6 Å². The molecule has 0 unspecified atom stereocenters. The van der Waals surface area contributed by atoms with E-state index < -0.39 is 0 Å². The number of nitrogens with zero attached hydrogens (tertiary/aromatic N) is 2. The van der Waals surface area contributed by atoms with Crippen LogP contribution in [0.1, 0.15) is 28.0 Å². The minimum absolute atomic E-state index is 0.00349. The largest absolute Gasteiger partial charge is 0.387 e. The van der Waals surface area contributed by atoms with Crippen molar-refractivity contribution < 1.29 is 4.79 Å². The lowest BCUT2D eigenvalue weighted by atomic mass is 10.1. The molecule has 0 radical (unpaired) electrons. The topological polar surface area (TPSA) is 57.3 Å². The summed E-state index contributed by atoms with van der Waals surface area (Å²) in [5.74, 6) is 0.492. The normalized spacial score (nSPS) is 17.4. The highest BCUT2D eigenvalue weighted by Gasteiger charge is 2.23. The van der Waals surface area contributed by atoms with Gasteiger partial charge in [-0.3, -0.25) is 14.7 Å². The quantitative estimate of drug-likeness (QED) is 0.850. The van der Waals surface area contributed by atoms with E-state index in [9.17, 15) is 4.79 Å². The summed E-state index contributed by atoms with van der Waals surface area (Å²) in [5, 5.41) is 6.20. The Bertz CT molecular complexity index is 717. The molecule has 1 amide bonds. The Balaban J connectivity index is 1.51. The van der Waals surface area contributed by atoms with Crippen LogP contribution in [0.25, 0.3) is 0 Å². The second kappa shape index (κ2) is 8.12. The third-order valence-electron chi connectivity index (χ3n) is 4.72. The molecular weight excluding hydrogens is 312 g/mol. The van der Waals surface area contributed by atoms with E-state index in [-0.39, 0.29) is 5.91 Å². The summed E-state index contributed by atoms with van der Waals surface area (Å²) in [6.45, 7) is 5.66. The van der Waals surface area contributed by atoms with Crippen molar-refractivity contribution in [1.82, 2.24) is 15.2 Å². The summed E-state index contributed by atoms with van der Waals surface area (Å²) in [7, 11) is 1.84. The van der Waals surface area contributed by atoms with Crippen molar-refractivity contribution in [2.75, 3.05) is 32.0 Å². The molecule has 2 heterocycles. The number of likely N-dealkylation sites (tertiary alicyclic amines) is 1. The van der Waals surface area contributed by atoms with Gasteiger partial charge >= 0.3 is 0 Å². The van der Waals surface area contributed by atoms with E-state index in [0.717, 1.165) is 43.0 Å². The number of aryl methyl sites for hydroxylation is 1. The van der Waals surface area contributed by atoms with Gasteiger partial charge < -0.3 is 10.6 Å². The highest BCUT2D eigenvalue weighted by molar-refractivity contribution is 5.99. The number of aromatic nitrogens is 1. The first-order valence-electron chi connectivity index (χ1n) is 8.84. The van der Waals surface area contributed by atoms with Crippen molar-refractivity contribution in [1.29, 1.82) is 0 Å². The third kappa shape index (κ3) is 4.57. The van der Waals surface area contributed by atoms with Crippen molar-refractivity contribution in [2.24, 2.45) is 5.92 Å². The molecule has 1 atom stereocenters. The molecule has 0 bridgehead atoms. The van der Waals surface area contributed by atoms with Crippen molar-refractivity contribution in [3.63, 3.8) is 0 Å². The Morgan fingerprint density at radius 1 is 1.32 bits per heavy atom.